The number of nitro groups is 1. The summed E-state index contributed by atoms with van der Waals surface area (Å²) >= 11 is 0. The zero-order valence-corrected chi connectivity index (χ0v) is 29.3. The van der Waals surface area contributed by atoms with E-state index in [0.29, 0.717) is 17.3 Å². The van der Waals surface area contributed by atoms with Gasteiger partial charge in [0.05, 0.1) is 12.0 Å². The predicted octanol–water partition coefficient (Wildman–Crippen LogP) is 8.60. The number of esters is 1. The topological polar surface area (TPSA) is 99.5 Å². The van der Waals surface area contributed by atoms with Gasteiger partial charge in [-0.15, -0.1) is 0 Å². The Bertz CT molecular complexity index is 1600. The van der Waals surface area contributed by atoms with Crippen molar-refractivity contribution in [3.63, 3.8) is 0 Å². The molecule has 0 bridgehead atoms. The van der Waals surface area contributed by atoms with Gasteiger partial charge in [-0.05, 0) is 42.7 Å². The third-order valence-electron chi connectivity index (χ3n) is 8.55. The van der Waals surface area contributed by atoms with Crippen molar-refractivity contribution in [2.75, 3.05) is 7.11 Å². The molecule has 0 aliphatic heterocycles. The molecule has 1 heterocycles. The van der Waals surface area contributed by atoms with E-state index in [9.17, 15) is 14.9 Å². The molecule has 9 nitrogen and oxygen atoms in total. The second kappa shape index (κ2) is 14.9. The number of nitrogens with one attached hydrogen (secondary N) is 1. The highest BCUT2D eigenvalue weighted by Crippen LogP contribution is 2.37. The lowest BCUT2D eigenvalue weighted by atomic mass is 9.92. The lowest BCUT2D eigenvalue weighted by Gasteiger charge is -2.19. The molecule has 0 fully saturated rings. The van der Waals surface area contributed by atoms with E-state index >= 15 is 0 Å². The molecule has 1 aromatic heterocycles. The van der Waals surface area contributed by atoms with Crippen LogP contribution in [0.1, 0.15) is 114 Å². The van der Waals surface area contributed by atoms with E-state index in [1.54, 1.807) is 19.1 Å². The van der Waals surface area contributed by atoms with Gasteiger partial charge < -0.3 is 14.8 Å². The summed E-state index contributed by atoms with van der Waals surface area (Å²) in [4.78, 5) is 23.6. The molecule has 4 rings (SSSR count). The van der Waals surface area contributed by atoms with Crippen molar-refractivity contribution in [1.29, 1.82) is 0 Å². The zero-order valence-electron chi connectivity index (χ0n) is 29.3. The number of carbonyl (C=O) groups is 1. The second-order valence-electron chi connectivity index (χ2n) is 13.3. The third-order valence-corrected chi connectivity index (χ3v) is 8.55. The number of rotatable bonds is 13. The van der Waals surface area contributed by atoms with Crippen molar-refractivity contribution in [2.24, 2.45) is 0 Å². The van der Waals surface area contributed by atoms with Gasteiger partial charge in [0.15, 0.2) is 0 Å². The SMILES string of the molecule is COC(=O)[C@H](C)NCc1cc(Oc2n(-c3c(C(C)C)cccc3C(C)C)cc[n+]2-c2c(C(C)C)cccc2C(C)C)ccc1[N+](=O)[O-]. The van der Waals surface area contributed by atoms with Crippen LogP contribution in [0.2, 0.25) is 0 Å². The van der Waals surface area contributed by atoms with E-state index in [2.05, 4.69) is 119 Å². The highest BCUT2D eigenvalue weighted by atomic mass is 16.6. The number of nitro benzene ring substituents is 1. The molecular weight excluding hydrogens is 592 g/mol. The average Bonchev–Trinajstić information content (AvgIpc) is 3.44. The summed E-state index contributed by atoms with van der Waals surface area (Å²) in [6.45, 7) is 19.3. The number of aromatic nitrogens is 2. The van der Waals surface area contributed by atoms with Crippen LogP contribution in [0.3, 0.4) is 0 Å². The number of carbonyl (C=O) groups excluding carboxylic acids is 1. The normalized spacial score (nSPS) is 12.3. The minimum absolute atomic E-state index is 0.0651. The maximum atomic E-state index is 12.0. The number of methoxy groups -OCH3 is 1. The molecular formula is C38H49N4O5+. The first-order valence-electron chi connectivity index (χ1n) is 16.4. The second-order valence-corrected chi connectivity index (χ2v) is 13.3. The van der Waals surface area contributed by atoms with Crippen molar-refractivity contribution in [3.8, 4) is 23.1 Å². The Labute approximate surface area is 278 Å². The van der Waals surface area contributed by atoms with Crippen molar-refractivity contribution in [3.05, 3.63) is 105 Å². The molecule has 0 saturated heterocycles. The molecule has 250 valence electrons. The Hall–Kier alpha value is -4.50. The Balaban J connectivity index is 2.00. The van der Waals surface area contributed by atoms with Crippen molar-refractivity contribution >= 4 is 11.7 Å². The Morgan fingerprint density at radius 3 is 1.87 bits per heavy atom. The molecule has 0 aliphatic rings. The van der Waals surface area contributed by atoms with E-state index in [1.807, 2.05) is 0 Å². The molecule has 0 spiro atoms. The number of benzene rings is 3. The fraction of sp³-hybridized carbons (Fsp3) is 0.421. The zero-order chi connectivity index (χ0) is 34.6. The number of nitrogens with zero attached hydrogens (tertiary/aromatic N) is 3. The molecule has 0 radical (unpaired) electrons. The maximum Gasteiger partial charge on any atom is 0.472 e. The Morgan fingerprint density at radius 2 is 1.38 bits per heavy atom. The first-order valence-corrected chi connectivity index (χ1v) is 16.4. The number of imidazole rings is 1. The van der Waals surface area contributed by atoms with E-state index in [0.717, 1.165) is 11.4 Å². The van der Waals surface area contributed by atoms with E-state index < -0.39 is 16.9 Å². The van der Waals surface area contributed by atoms with Gasteiger partial charge in [-0.25, -0.2) is 0 Å². The quantitative estimate of drug-likeness (QED) is 0.0679. The fourth-order valence-corrected chi connectivity index (χ4v) is 5.97. The first-order chi connectivity index (χ1) is 22.3. The summed E-state index contributed by atoms with van der Waals surface area (Å²) in [6, 6.07) is 17.6. The highest BCUT2D eigenvalue weighted by Gasteiger charge is 2.32. The molecule has 1 atom stereocenters. The minimum atomic E-state index is -0.646. The Kier molecular flexibility index (Phi) is 11.2. The maximum absolute atomic E-state index is 12.0. The van der Waals surface area contributed by atoms with Gasteiger partial charge in [-0.2, -0.15) is 9.13 Å². The van der Waals surface area contributed by atoms with Crippen LogP contribution in [0.15, 0.2) is 67.0 Å². The molecule has 9 heteroatoms. The summed E-state index contributed by atoms with van der Waals surface area (Å²) in [5, 5.41) is 15.0. The van der Waals surface area contributed by atoms with Crippen LogP contribution >= 0.6 is 0 Å². The number of hydrogen-bond donors (Lipinski definition) is 1. The average molecular weight is 642 g/mol. The molecule has 0 aliphatic carbocycles. The Morgan fingerprint density at radius 1 is 0.851 bits per heavy atom. The molecule has 0 saturated carbocycles. The van der Waals surface area contributed by atoms with Crippen molar-refractivity contribution in [1.82, 2.24) is 9.88 Å². The fourth-order valence-electron chi connectivity index (χ4n) is 5.97. The molecule has 1 N–H and O–H groups in total. The highest BCUT2D eigenvalue weighted by molar-refractivity contribution is 5.75. The lowest BCUT2D eigenvalue weighted by Crippen LogP contribution is -2.34. The van der Waals surface area contributed by atoms with Crippen molar-refractivity contribution in [2.45, 2.75) is 98.6 Å². The van der Waals surface area contributed by atoms with E-state index in [4.69, 9.17) is 9.47 Å². The summed E-state index contributed by atoms with van der Waals surface area (Å²) in [6.07, 6.45) is 4.10. The van der Waals surface area contributed by atoms with E-state index in [1.165, 1.54) is 35.4 Å². The van der Waals surface area contributed by atoms with Crippen LogP contribution in [0.4, 0.5) is 5.69 Å². The van der Waals surface area contributed by atoms with Gasteiger partial charge in [0, 0.05) is 40.4 Å². The molecule has 0 unspecified atom stereocenters. The van der Waals surface area contributed by atoms with Crippen LogP contribution < -0.4 is 14.6 Å². The standard InChI is InChI=1S/C38H49N4O5/c1-23(2)30-13-11-14-31(24(3)4)35(30)40-19-20-41(36-32(25(5)6)15-12-16-33(36)26(7)8)38(40)47-29-17-18-34(42(44)45)28(21-29)22-39-27(9)37(43)46-10/h11-21,23-27,39H,22H2,1-10H3/q+1/t27-/m0/s1. The van der Waals surface area contributed by atoms with Crippen LogP contribution in [0.5, 0.6) is 11.8 Å². The third kappa shape index (κ3) is 7.57. The molecule has 47 heavy (non-hydrogen) atoms. The smallest absolute Gasteiger partial charge is 0.468 e. The number of para-hydroxylation sites is 2. The van der Waals surface area contributed by atoms with Gasteiger partial charge >= 0.3 is 12.0 Å². The van der Waals surface area contributed by atoms with Crippen LogP contribution in [0, 0.1) is 10.1 Å². The van der Waals surface area contributed by atoms with Crippen molar-refractivity contribution < 1.29 is 23.8 Å². The van der Waals surface area contributed by atoms with Gasteiger partial charge in [0.25, 0.3) is 5.69 Å². The first kappa shape index (κ1) is 35.4. The van der Waals surface area contributed by atoms with Crippen LogP contribution in [0.25, 0.3) is 11.4 Å². The number of ether oxygens (including phenoxy) is 2. The predicted molar refractivity (Wildman–Crippen MR) is 185 cm³/mol. The minimum Gasteiger partial charge on any atom is -0.468 e. The van der Waals surface area contributed by atoms with E-state index in [-0.39, 0.29) is 35.9 Å². The number of hydrogen-bond acceptors (Lipinski definition) is 6. The summed E-state index contributed by atoms with van der Waals surface area (Å²) < 4.78 is 15.9. The summed E-state index contributed by atoms with van der Waals surface area (Å²) in [5.41, 5.74) is 7.22. The summed E-state index contributed by atoms with van der Waals surface area (Å²) in [5.74, 6) is 0.971. The van der Waals surface area contributed by atoms with Gasteiger partial charge in [0.2, 0.25) is 0 Å². The summed E-state index contributed by atoms with van der Waals surface area (Å²) in [7, 11) is 1.31. The van der Waals surface area contributed by atoms with Gasteiger partial charge in [0.1, 0.15) is 35.6 Å². The monoisotopic (exact) mass is 641 g/mol. The van der Waals surface area contributed by atoms with Crippen LogP contribution in [-0.4, -0.2) is 28.6 Å². The molecule has 0 amide bonds. The lowest BCUT2D eigenvalue weighted by molar-refractivity contribution is -0.602. The molecule has 3 aromatic carbocycles. The molecule has 4 aromatic rings. The largest absolute Gasteiger partial charge is 0.472 e. The van der Waals surface area contributed by atoms with Gasteiger partial charge in [-0.3, -0.25) is 14.9 Å². The van der Waals surface area contributed by atoms with Crippen LogP contribution in [-0.2, 0) is 16.1 Å². The van der Waals surface area contributed by atoms with Gasteiger partial charge in [-0.1, -0.05) is 91.8 Å².